The molecule has 0 aliphatic carbocycles. The van der Waals surface area contributed by atoms with Gasteiger partial charge < -0.3 is 9.84 Å². The monoisotopic (exact) mass is 303 g/mol. The second-order valence-electron chi connectivity index (χ2n) is 4.33. The van der Waals surface area contributed by atoms with Gasteiger partial charge in [-0.3, -0.25) is 0 Å². The number of fused-ring (bicyclic) bond motifs is 1. The molecule has 1 N–H and O–H groups in total. The number of carboxylic acid groups (broad SMARTS) is 1. The molecule has 21 heavy (non-hydrogen) atoms. The third kappa shape index (κ3) is 2.30. The summed E-state index contributed by atoms with van der Waals surface area (Å²) in [6.07, 6.45) is 0. The van der Waals surface area contributed by atoms with Crippen LogP contribution in [-0.2, 0) is 0 Å². The number of rotatable bonds is 3. The Morgan fingerprint density at radius 2 is 2.10 bits per heavy atom. The minimum Gasteiger partial charge on any atom is -0.497 e. The first-order chi connectivity index (χ1) is 10.1. The van der Waals surface area contributed by atoms with E-state index in [1.54, 1.807) is 31.4 Å². The lowest BCUT2D eigenvalue weighted by Gasteiger charge is -2.07. The standard InChI is InChI=1S/C14H10ClN3O3/c1-21-9-3-4-10(15)12(7-9)18-13-6-8(14(19)20)2-5-11(13)16-17-18/h2-7H,1H3,(H,19,20). The summed E-state index contributed by atoms with van der Waals surface area (Å²) in [7, 11) is 1.55. The number of nitrogens with zero attached hydrogens (tertiary/aromatic N) is 3. The smallest absolute Gasteiger partial charge is 0.335 e. The Labute approximate surface area is 124 Å². The topological polar surface area (TPSA) is 77.2 Å². The van der Waals surface area contributed by atoms with Gasteiger partial charge in [-0.2, -0.15) is 0 Å². The summed E-state index contributed by atoms with van der Waals surface area (Å²) in [6, 6.07) is 9.72. The molecule has 2 aromatic carbocycles. The lowest BCUT2D eigenvalue weighted by Crippen LogP contribution is -2.00. The van der Waals surface area contributed by atoms with Crippen LogP contribution in [0.3, 0.4) is 0 Å². The fourth-order valence-corrected chi connectivity index (χ4v) is 2.21. The van der Waals surface area contributed by atoms with E-state index in [-0.39, 0.29) is 5.56 Å². The third-order valence-electron chi connectivity index (χ3n) is 3.07. The number of ether oxygens (including phenoxy) is 1. The highest BCUT2D eigenvalue weighted by atomic mass is 35.5. The number of hydrogen-bond acceptors (Lipinski definition) is 4. The van der Waals surface area contributed by atoms with Crippen molar-refractivity contribution in [3.8, 4) is 11.4 Å². The average molecular weight is 304 g/mol. The molecule has 0 unspecified atom stereocenters. The molecule has 0 bridgehead atoms. The molecule has 0 saturated carbocycles. The lowest BCUT2D eigenvalue weighted by molar-refractivity contribution is 0.0697. The molecule has 3 aromatic rings. The van der Waals surface area contributed by atoms with Crippen molar-refractivity contribution in [2.24, 2.45) is 0 Å². The molecule has 0 saturated heterocycles. The van der Waals surface area contributed by atoms with Gasteiger partial charge in [0.2, 0.25) is 0 Å². The van der Waals surface area contributed by atoms with Crippen molar-refractivity contribution in [1.29, 1.82) is 0 Å². The largest absolute Gasteiger partial charge is 0.497 e. The minimum absolute atomic E-state index is 0.157. The summed E-state index contributed by atoms with van der Waals surface area (Å²) >= 11 is 6.19. The van der Waals surface area contributed by atoms with Gasteiger partial charge in [0, 0.05) is 6.07 Å². The second-order valence-corrected chi connectivity index (χ2v) is 4.73. The molecule has 0 amide bonds. The number of carboxylic acids is 1. The van der Waals surface area contributed by atoms with Crippen molar-refractivity contribution in [1.82, 2.24) is 15.0 Å². The molecule has 0 atom stereocenters. The maximum atomic E-state index is 11.1. The van der Waals surface area contributed by atoms with Crippen molar-refractivity contribution in [3.63, 3.8) is 0 Å². The Morgan fingerprint density at radius 3 is 2.81 bits per heavy atom. The highest BCUT2D eigenvalue weighted by molar-refractivity contribution is 6.32. The molecule has 1 aromatic heterocycles. The highest BCUT2D eigenvalue weighted by Crippen LogP contribution is 2.27. The van der Waals surface area contributed by atoms with Crippen LogP contribution in [0.2, 0.25) is 5.02 Å². The Bertz CT molecular complexity index is 845. The van der Waals surface area contributed by atoms with E-state index >= 15 is 0 Å². The van der Waals surface area contributed by atoms with E-state index in [2.05, 4.69) is 10.3 Å². The lowest BCUT2D eigenvalue weighted by atomic mass is 10.2. The van der Waals surface area contributed by atoms with Crippen LogP contribution in [0.1, 0.15) is 10.4 Å². The number of hydrogen-bond donors (Lipinski definition) is 1. The fourth-order valence-electron chi connectivity index (χ4n) is 2.01. The summed E-state index contributed by atoms with van der Waals surface area (Å²) in [5.74, 6) is -0.395. The second kappa shape index (κ2) is 5.06. The molecule has 0 spiro atoms. The van der Waals surface area contributed by atoms with E-state index in [9.17, 15) is 4.79 Å². The van der Waals surface area contributed by atoms with E-state index in [1.165, 1.54) is 16.8 Å². The van der Waals surface area contributed by atoms with E-state index in [4.69, 9.17) is 21.4 Å². The number of carbonyl (C=O) groups is 1. The number of benzene rings is 2. The zero-order chi connectivity index (χ0) is 15.0. The van der Waals surface area contributed by atoms with Crippen LogP contribution >= 0.6 is 11.6 Å². The molecule has 0 fully saturated rings. The number of aromatic carboxylic acids is 1. The first-order valence-electron chi connectivity index (χ1n) is 6.03. The molecule has 0 aliphatic heterocycles. The highest BCUT2D eigenvalue weighted by Gasteiger charge is 2.13. The van der Waals surface area contributed by atoms with Gasteiger partial charge in [0.15, 0.2) is 0 Å². The fraction of sp³-hybridized carbons (Fsp3) is 0.0714. The normalized spacial score (nSPS) is 10.8. The zero-order valence-electron chi connectivity index (χ0n) is 10.9. The third-order valence-corrected chi connectivity index (χ3v) is 3.39. The van der Waals surface area contributed by atoms with Gasteiger partial charge in [-0.05, 0) is 30.3 Å². The van der Waals surface area contributed by atoms with Gasteiger partial charge in [-0.15, -0.1) is 5.10 Å². The molecular formula is C14H10ClN3O3. The molecule has 7 heteroatoms. The van der Waals surface area contributed by atoms with Crippen LogP contribution in [0.4, 0.5) is 0 Å². The molecule has 3 rings (SSSR count). The zero-order valence-corrected chi connectivity index (χ0v) is 11.7. The van der Waals surface area contributed by atoms with Crippen molar-refractivity contribution < 1.29 is 14.6 Å². The molecule has 0 aliphatic rings. The van der Waals surface area contributed by atoms with Crippen LogP contribution in [0.25, 0.3) is 16.7 Å². The number of methoxy groups -OCH3 is 1. The van der Waals surface area contributed by atoms with Crippen molar-refractivity contribution in [3.05, 3.63) is 47.0 Å². The summed E-state index contributed by atoms with van der Waals surface area (Å²) in [5, 5.41) is 17.6. The van der Waals surface area contributed by atoms with E-state index < -0.39 is 5.97 Å². The first-order valence-corrected chi connectivity index (χ1v) is 6.40. The van der Waals surface area contributed by atoms with Gasteiger partial charge >= 0.3 is 5.97 Å². The van der Waals surface area contributed by atoms with E-state index in [0.717, 1.165) is 0 Å². The quantitative estimate of drug-likeness (QED) is 0.805. The number of halogens is 1. The molecule has 6 nitrogen and oxygen atoms in total. The van der Waals surface area contributed by atoms with Crippen molar-refractivity contribution in [2.75, 3.05) is 7.11 Å². The van der Waals surface area contributed by atoms with Gasteiger partial charge in [-0.1, -0.05) is 16.8 Å². The molecule has 1 heterocycles. The Balaban J connectivity index is 2.25. The summed E-state index contributed by atoms with van der Waals surface area (Å²) in [6.45, 7) is 0. The molecular weight excluding hydrogens is 294 g/mol. The van der Waals surface area contributed by atoms with E-state index in [0.29, 0.717) is 27.5 Å². The Kier molecular flexibility index (Phi) is 3.23. The molecule has 0 radical (unpaired) electrons. The van der Waals surface area contributed by atoms with Crippen molar-refractivity contribution >= 4 is 28.6 Å². The van der Waals surface area contributed by atoms with Crippen LogP contribution in [-0.4, -0.2) is 33.2 Å². The van der Waals surface area contributed by atoms with Gasteiger partial charge in [0.05, 0.1) is 28.9 Å². The predicted octanol–water partition coefficient (Wildman–Crippen LogP) is 2.78. The minimum atomic E-state index is -1.01. The Hall–Kier alpha value is -2.60. The SMILES string of the molecule is COc1ccc(Cl)c(-n2nnc3ccc(C(=O)O)cc32)c1. The first kappa shape index (κ1) is 13.4. The van der Waals surface area contributed by atoms with Gasteiger partial charge in [0.25, 0.3) is 0 Å². The van der Waals surface area contributed by atoms with Crippen LogP contribution in [0.5, 0.6) is 5.75 Å². The summed E-state index contributed by atoms with van der Waals surface area (Å²) in [4.78, 5) is 11.1. The van der Waals surface area contributed by atoms with Crippen LogP contribution < -0.4 is 4.74 Å². The number of aromatic nitrogens is 3. The van der Waals surface area contributed by atoms with Gasteiger partial charge in [-0.25, -0.2) is 9.48 Å². The van der Waals surface area contributed by atoms with Crippen LogP contribution in [0.15, 0.2) is 36.4 Å². The maximum absolute atomic E-state index is 11.1. The van der Waals surface area contributed by atoms with Crippen molar-refractivity contribution in [2.45, 2.75) is 0 Å². The maximum Gasteiger partial charge on any atom is 0.335 e. The Morgan fingerprint density at radius 1 is 1.29 bits per heavy atom. The predicted molar refractivity (Wildman–Crippen MR) is 77.4 cm³/mol. The summed E-state index contributed by atoms with van der Waals surface area (Å²) < 4.78 is 6.66. The van der Waals surface area contributed by atoms with Crippen LogP contribution in [0, 0.1) is 0 Å². The summed E-state index contributed by atoms with van der Waals surface area (Å²) in [5.41, 5.74) is 1.87. The molecule has 106 valence electrons. The van der Waals surface area contributed by atoms with Gasteiger partial charge in [0.1, 0.15) is 11.3 Å². The van der Waals surface area contributed by atoms with E-state index in [1.807, 2.05) is 0 Å². The average Bonchev–Trinajstić information content (AvgIpc) is 2.90.